The Labute approximate surface area is 203 Å². The monoisotopic (exact) mass is 484 g/mol. The highest BCUT2D eigenvalue weighted by molar-refractivity contribution is 7.14. The van der Waals surface area contributed by atoms with E-state index in [0.717, 1.165) is 84.2 Å². The molecule has 0 saturated carbocycles. The molecule has 34 heavy (non-hydrogen) atoms. The fourth-order valence-corrected chi connectivity index (χ4v) is 6.17. The zero-order valence-corrected chi connectivity index (χ0v) is 20.6. The first-order valence-electron chi connectivity index (χ1n) is 12.3. The third-order valence-electron chi connectivity index (χ3n) is 7.09. The summed E-state index contributed by atoms with van der Waals surface area (Å²) in [7, 11) is 0. The van der Waals surface area contributed by atoms with E-state index in [-0.39, 0.29) is 18.4 Å². The lowest BCUT2D eigenvalue weighted by Gasteiger charge is -2.35. The minimum atomic E-state index is -0.297. The molecule has 3 atom stereocenters. The lowest BCUT2D eigenvalue weighted by molar-refractivity contribution is -0.0385. The van der Waals surface area contributed by atoms with E-state index in [2.05, 4.69) is 28.9 Å². The number of morpholine rings is 1. The molecule has 3 fully saturated rings. The fraction of sp³-hybridized carbons (Fsp3) is 0.625. The van der Waals surface area contributed by atoms with Crippen molar-refractivity contribution < 1.29 is 14.6 Å². The van der Waals surface area contributed by atoms with Crippen molar-refractivity contribution in [2.75, 3.05) is 49.3 Å². The van der Waals surface area contributed by atoms with Crippen LogP contribution in [-0.4, -0.2) is 75.8 Å². The zero-order chi connectivity index (χ0) is 23.2. The highest BCUT2D eigenvalue weighted by Gasteiger charge is 2.29. The van der Waals surface area contributed by atoms with Gasteiger partial charge in [-0.15, -0.1) is 0 Å². The standard InChI is InChI=1S/C24H32N6O3S/c1-15-11-18(30(26-15)21-5-3-4-9-33-21)22-23-24(34-27-22)19(28-7-6-17(31)13-28)12-20(25-23)29-8-10-32-14-16(29)2/h11-12,16-17,21,31H,3-10,13-14H2,1-2H3/t16-,17-,21?/m1/s1. The molecule has 0 aliphatic carbocycles. The summed E-state index contributed by atoms with van der Waals surface area (Å²) in [5.74, 6) is 0.942. The molecule has 3 aromatic heterocycles. The molecule has 3 aliphatic rings. The van der Waals surface area contributed by atoms with Gasteiger partial charge in [-0.2, -0.15) is 9.47 Å². The van der Waals surface area contributed by atoms with Crippen molar-refractivity contribution in [2.24, 2.45) is 0 Å². The van der Waals surface area contributed by atoms with E-state index in [1.165, 1.54) is 11.5 Å². The van der Waals surface area contributed by atoms with Gasteiger partial charge in [0.05, 0.1) is 47.1 Å². The van der Waals surface area contributed by atoms with E-state index in [0.29, 0.717) is 19.8 Å². The lowest BCUT2D eigenvalue weighted by atomic mass is 10.1. The van der Waals surface area contributed by atoms with Crippen LogP contribution in [0, 0.1) is 6.92 Å². The molecule has 0 bridgehead atoms. The number of aryl methyl sites for hydroxylation is 1. The topological polar surface area (TPSA) is 88.8 Å². The number of aromatic nitrogens is 4. The molecular weight excluding hydrogens is 452 g/mol. The van der Waals surface area contributed by atoms with Gasteiger partial charge in [0.2, 0.25) is 0 Å². The second kappa shape index (κ2) is 9.07. The van der Waals surface area contributed by atoms with Gasteiger partial charge in [-0.1, -0.05) is 0 Å². The molecule has 1 unspecified atom stereocenters. The lowest BCUT2D eigenvalue weighted by Crippen LogP contribution is -2.44. The Balaban J connectivity index is 1.50. The quantitative estimate of drug-likeness (QED) is 0.603. The summed E-state index contributed by atoms with van der Waals surface area (Å²) in [5.41, 5.74) is 4.78. The average Bonchev–Trinajstić information content (AvgIpc) is 3.57. The number of aliphatic hydroxyl groups is 1. The maximum absolute atomic E-state index is 10.2. The van der Waals surface area contributed by atoms with Gasteiger partial charge in [0.25, 0.3) is 0 Å². The molecule has 0 amide bonds. The zero-order valence-electron chi connectivity index (χ0n) is 19.8. The minimum absolute atomic E-state index is 0.0650. The maximum atomic E-state index is 10.2. The van der Waals surface area contributed by atoms with Crippen molar-refractivity contribution in [3.8, 4) is 11.4 Å². The van der Waals surface area contributed by atoms with Crippen LogP contribution in [0.1, 0.15) is 44.5 Å². The molecule has 182 valence electrons. The van der Waals surface area contributed by atoms with Crippen LogP contribution in [0.3, 0.4) is 0 Å². The van der Waals surface area contributed by atoms with E-state index < -0.39 is 0 Å². The van der Waals surface area contributed by atoms with Crippen LogP contribution >= 0.6 is 11.5 Å². The number of ether oxygens (including phenoxy) is 2. The summed E-state index contributed by atoms with van der Waals surface area (Å²) in [6, 6.07) is 4.52. The van der Waals surface area contributed by atoms with Crippen molar-refractivity contribution in [3.05, 3.63) is 17.8 Å². The van der Waals surface area contributed by atoms with Crippen LogP contribution in [0.15, 0.2) is 12.1 Å². The Kier molecular flexibility index (Phi) is 5.92. The first kappa shape index (κ1) is 22.2. The molecule has 6 heterocycles. The number of pyridine rings is 1. The van der Waals surface area contributed by atoms with Crippen molar-refractivity contribution in [1.29, 1.82) is 0 Å². The van der Waals surface area contributed by atoms with Crippen molar-refractivity contribution in [2.45, 2.75) is 57.9 Å². The number of anilines is 2. The molecule has 10 heteroatoms. The third-order valence-corrected chi connectivity index (χ3v) is 7.95. The Morgan fingerprint density at radius 1 is 1.15 bits per heavy atom. The van der Waals surface area contributed by atoms with Gasteiger partial charge >= 0.3 is 0 Å². The summed E-state index contributed by atoms with van der Waals surface area (Å²) >= 11 is 1.48. The Morgan fingerprint density at radius 3 is 2.82 bits per heavy atom. The molecule has 3 aromatic rings. The number of nitrogens with zero attached hydrogens (tertiary/aromatic N) is 6. The number of hydrogen-bond donors (Lipinski definition) is 1. The number of aliphatic hydroxyl groups excluding tert-OH is 1. The molecular formula is C24H32N6O3S. The Hall–Kier alpha value is -2.27. The summed E-state index contributed by atoms with van der Waals surface area (Å²) < 4.78 is 19.7. The fourth-order valence-electron chi connectivity index (χ4n) is 5.30. The van der Waals surface area contributed by atoms with Crippen molar-refractivity contribution >= 4 is 33.3 Å². The van der Waals surface area contributed by atoms with Crippen LogP contribution in [0.4, 0.5) is 11.5 Å². The van der Waals surface area contributed by atoms with E-state index in [9.17, 15) is 5.11 Å². The normalized spacial score (nSPS) is 26.0. The first-order valence-corrected chi connectivity index (χ1v) is 13.1. The maximum Gasteiger partial charge on any atom is 0.150 e. The van der Waals surface area contributed by atoms with Crippen LogP contribution in [0.5, 0.6) is 0 Å². The average molecular weight is 485 g/mol. The van der Waals surface area contributed by atoms with E-state index in [1.54, 1.807) is 0 Å². The Bertz CT molecular complexity index is 1170. The molecule has 1 N–H and O–H groups in total. The van der Waals surface area contributed by atoms with Gasteiger partial charge < -0.3 is 24.4 Å². The SMILES string of the molecule is Cc1cc(-c2nsc3c(N4CC[C@@H](O)C4)cc(N4CCOC[C@H]4C)nc23)n(C2CCCCO2)n1. The minimum Gasteiger partial charge on any atom is -0.391 e. The second-order valence-corrected chi connectivity index (χ2v) is 10.4. The molecule has 0 spiro atoms. The number of β-amino-alcohol motifs (C(OH)–C–C–N with tert-alkyl or cyclic N) is 1. The molecule has 0 aromatic carbocycles. The molecule has 6 rings (SSSR count). The predicted molar refractivity (Wildman–Crippen MR) is 133 cm³/mol. The summed E-state index contributed by atoms with van der Waals surface area (Å²) in [6.45, 7) is 8.62. The van der Waals surface area contributed by atoms with E-state index in [4.69, 9.17) is 23.9 Å². The smallest absolute Gasteiger partial charge is 0.150 e. The van der Waals surface area contributed by atoms with Gasteiger partial charge in [0.1, 0.15) is 17.0 Å². The number of fused-ring (bicyclic) bond motifs is 1. The number of rotatable bonds is 4. The van der Waals surface area contributed by atoms with Gasteiger partial charge in [-0.25, -0.2) is 9.67 Å². The molecule has 9 nitrogen and oxygen atoms in total. The molecule has 3 aliphatic heterocycles. The highest BCUT2D eigenvalue weighted by Crippen LogP contribution is 2.41. The first-order chi connectivity index (χ1) is 16.6. The van der Waals surface area contributed by atoms with Crippen LogP contribution in [0.25, 0.3) is 21.6 Å². The largest absolute Gasteiger partial charge is 0.391 e. The highest BCUT2D eigenvalue weighted by atomic mass is 32.1. The van der Waals surface area contributed by atoms with Crippen LogP contribution < -0.4 is 9.80 Å². The molecule has 3 saturated heterocycles. The summed E-state index contributed by atoms with van der Waals surface area (Å²) in [6.07, 6.45) is 3.61. The Morgan fingerprint density at radius 2 is 2.06 bits per heavy atom. The summed E-state index contributed by atoms with van der Waals surface area (Å²) in [4.78, 5) is 9.78. The third kappa shape index (κ3) is 3.96. The number of hydrogen-bond acceptors (Lipinski definition) is 9. The van der Waals surface area contributed by atoms with Gasteiger partial charge in [-0.3, -0.25) is 0 Å². The van der Waals surface area contributed by atoms with Gasteiger partial charge in [0, 0.05) is 32.3 Å². The van der Waals surface area contributed by atoms with Crippen LogP contribution in [-0.2, 0) is 9.47 Å². The van der Waals surface area contributed by atoms with E-state index >= 15 is 0 Å². The summed E-state index contributed by atoms with van der Waals surface area (Å²) in [5, 5.41) is 15.0. The molecule has 0 radical (unpaired) electrons. The van der Waals surface area contributed by atoms with Crippen molar-refractivity contribution in [1.82, 2.24) is 19.1 Å². The second-order valence-electron chi connectivity index (χ2n) is 9.65. The van der Waals surface area contributed by atoms with Gasteiger partial charge in [0.15, 0.2) is 6.23 Å². The van der Waals surface area contributed by atoms with E-state index in [1.807, 2.05) is 11.6 Å². The van der Waals surface area contributed by atoms with Gasteiger partial charge in [-0.05, 0) is 57.1 Å². The van der Waals surface area contributed by atoms with Crippen LogP contribution in [0.2, 0.25) is 0 Å². The van der Waals surface area contributed by atoms with Crippen molar-refractivity contribution in [3.63, 3.8) is 0 Å². The predicted octanol–water partition coefficient (Wildman–Crippen LogP) is 3.36.